The van der Waals surface area contributed by atoms with Crippen LogP contribution in [0, 0.1) is 0 Å². The molecule has 0 radical (unpaired) electrons. The summed E-state index contributed by atoms with van der Waals surface area (Å²) < 4.78 is 21.7. The largest absolute Gasteiger partial charge is 0.508 e. The molecule has 10 nitrogen and oxygen atoms in total. The van der Waals surface area contributed by atoms with Crippen molar-refractivity contribution < 1.29 is 44.2 Å². The highest BCUT2D eigenvalue weighted by atomic mass is 16.7. The summed E-state index contributed by atoms with van der Waals surface area (Å²) >= 11 is 0. The number of ether oxygens (including phenoxy) is 3. The quantitative estimate of drug-likeness (QED) is 0.378. The van der Waals surface area contributed by atoms with Gasteiger partial charge in [-0.05, 0) is 17.7 Å². The Morgan fingerprint density at radius 3 is 2.44 bits per heavy atom. The van der Waals surface area contributed by atoms with E-state index < -0.39 is 48.5 Å². The average molecular weight is 446 g/mol. The monoisotopic (exact) mass is 446 g/mol. The third-order valence-corrected chi connectivity index (χ3v) is 5.35. The van der Waals surface area contributed by atoms with Crippen LogP contribution in [0.4, 0.5) is 0 Å². The van der Waals surface area contributed by atoms with E-state index in [0.717, 1.165) is 6.07 Å². The molecule has 0 aliphatic carbocycles. The zero-order valence-electron chi connectivity index (χ0n) is 16.9. The number of aromatic hydroxyl groups is 2. The normalized spacial score (nSPS) is 25.7. The summed E-state index contributed by atoms with van der Waals surface area (Å²) in [5.74, 6) is -0.383. The highest BCUT2D eigenvalue weighted by molar-refractivity contribution is 5.88. The zero-order chi connectivity index (χ0) is 23.0. The molecule has 10 heteroatoms. The smallest absolute Gasteiger partial charge is 0.229 e. The van der Waals surface area contributed by atoms with Crippen LogP contribution in [0.2, 0.25) is 0 Å². The van der Waals surface area contributed by atoms with Gasteiger partial charge in [0.1, 0.15) is 58.9 Å². The zero-order valence-corrected chi connectivity index (χ0v) is 16.9. The van der Waals surface area contributed by atoms with Crippen molar-refractivity contribution in [2.45, 2.75) is 30.7 Å². The number of fused-ring (bicyclic) bond motifs is 1. The molecule has 1 fully saturated rings. The van der Waals surface area contributed by atoms with E-state index in [9.17, 15) is 30.3 Å². The predicted molar refractivity (Wildman–Crippen MR) is 110 cm³/mol. The Kier molecular flexibility index (Phi) is 6.04. The summed E-state index contributed by atoms with van der Waals surface area (Å²) in [5.41, 5.74) is 0.209. The number of aliphatic hydroxyl groups excluding tert-OH is 3. The molecule has 1 saturated heterocycles. The maximum atomic E-state index is 12.9. The summed E-state index contributed by atoms with van der Waals surface area (Å²) in [6.45, 7) is -0.486. The number of hydrogen-bond donors (Lipinski definition) is 5. The van der Waals surface area contributed by atoms with Crippen LogP contribution in [0.15, 0.2) is 51.9 Å². The molecule has 0 bridgehead atoms. The Bertz CT molecular complexity index is 1150. The minimum Gasteiger partial charge on any atom is -0.508 e. The van der Waals surface area contributed by atoms with E-state index in [4.69, 9.17) is 18.6 Å². The first kappa shape index (κ1) is 22.1. The van der Waals surface area contributed by atoms with Crippen LogP contribution in [0.25, 0.3) is 22.1 Å². The third kappa shape index (κ3) is 3.90. The minimum atomic E-state index is -1.51. The fourth-order valence-electron chi connectivity index (χ4n) is 3.69. The highest BCUT2D eigenvalue weighted by Crippen LogP contribution is 2.33. The molecular weight excluding hydrogens is 424 g/mol. The lowest BCUT2D eigenvalue weighted by Gasteiger charge is -2.41. The van der Waals surface area contributed by atoms with Crippen molar-refractivity contribution in [1.82, 2.24) is 0 Å². The van der Waals surface area contributed by atoms with E-state index in [1.807, 2.05) is 0 Å². The molecule has 1 aromatic heterocycles. The van der Waals surface area contributed by atoms with Gasteiger partial charge in [0.15, 0.2) is 0 Å². The summed E-state index contributed by atoms with van der Waals surface area (Å²) in [6, 6.07) is 8.41. The van der Waals surface area contributed by atoms with Gasteiger partial charge in [-0.3, -0.25) is 4.79 Å². The van der Waals surface area contributed by atoms with Crippen molar-refractivity contribution >= 4 is 11.0 Å². The number of phenolic OH excluding ortho intramolecular Hbond substituents is 2. The Morgan fingerprint density at radius 2 is 1.78 bits per heavy atom. The highest BCUT2D eigenvalue weighted by Gasteiger charge is 2.45. The first-order chi connectivity index (χ1) is 15.3. The van der Waals surface area contributed by atoms with Gasteiger partial charge in [0, 0.05) is 19.2 Å². The van der Waals surface area contributed by atoms with Gasteiger partial charge in [-0.25, -0.2) is 0 Å². The van der Waals surface area contributed by atoms with Gasteiger partial charge in [0.05, 0.1) is 12.2 Å². The third-order valence-electron chi connectivity index (χ3n) is 5.35. The van der Waals surface area contributed by atoms with E-state index in [2.05, 4.69) is 0 Å². The Hall–Kier alpha value is -3.15. The number of benzene rings is 2. The average Bonchev–Trinajstić information content (AvgIpc) is 2.77. The summed E-state index contributed by atoms with van der Waals surface area (Å²) in [7, 11) is 1.31. The van der Waals surface area contributed by atoms with Gasteiger partial charge in [-0.1, -0.05) is 12.1 Å². The van der Waals surface area contributed by atoms with Crippen molar-refractivity contribution in [3.8, 4) is 28.4 Å². The van der Waals surface area contributed by atoms with Crippen LogP contribution in [0.3, 0.4) is 0 Å². The number of methoxy groups -OCH3 is 1. The van der Waals surface area contributed by atoms with E-state index in [-0.39, 0.29) is 28.0 Å². The fourth-order valence-corrected chi connectivity index (χ4v) is 3.69. The van der Waals surface area contributed by atoms with Gasteiger partial charge in [-0.2, -0.15) is 0 Å². The van der Waals surface area contributed by atoms with Gasteiger partial charge in [-0.15, -0.1) is 0 Å². The standard InChI is InChI=1S/C22H22O10/c1-29-21-16(8-23)32-22(20(28)19(21)27)31-12-6-14(25)17-15(7-12)30-9-13(18(17)26)10-2-4-11(24)5-3-10/h2-7,9,16,19-25,27-28H,8H2,1H3/t16-,19-,20-,21-,22-/m1/s1. The van der Waals surface area contributed by atoms with Gasteiger partial charge in [0.25, 0.3) is 0 Å². The van der Waals surface area contributed by atoms with E-state index in [0.29, 0.717) is 5.56 Å². The summed E-state index contributed by atoms with van der Waals surface area (Å²) in [6.07, 6.45) is -4.98. The molecule has 0 amide bonds. The number of rotatable bonds is 5. The molecule has 32 heavy (non-hydrogen) atoms. The van der Waals surface area contributed by atoms with E-state index >= 15 is 0 Å². The molecule has 2 aromatic carbocycles. The maximum Gasteiger partial charge on any atom is 0.229 e. The van der Waals surface area contributed by atoms with Crippen molar-refractivity contribution in [2.75, 3.05) is 13.7 Å². The number of aliphatic hydroxyl groups is 3. The lowest BCUT2D eigenvalue weighted by molar-refractivity contribution is -0.281. The molecule has 0 spiro atoms. The molecule has 0 unspecified atom stereocenters. The molecule has 0 saturated carbocycles. The van der Waals surface area contributed by atoms with Crippen LogP contribution in [0.1, 0.15) is 0 Å². The fraction of sp³-hybridized carbons (Fsp3) is 0.318. The summed E-state index contributed by atoms with van der Waals surface area (Å²) in [5, 5.41) is 49.8. The van der Waals surface area contributed by atoms with Gasteiger partial charge < -0.3 is 44.2 Å². The first-order valence-corrected chi connectivity index (χ1v) is 9.74. The molecule has 1 aliphatic rings. The minimum absolute atomic E-state index is 0.000611. The molecule has 4 rings (SSSR count). The molecule has 5 N–H and O–H groups in total. The molecule has 3 aromatic rings. The summed E-state index contributed by atoms with van der Waals surface area (Å²) in [4.78, 5) is 12.9. The van der Waals surface area contributed by atoms with Gasteiger partial charge >= 0.3 is 0 Å². The van der Waals surface area contributed by atoms with Crippen molar-refractivity contribution in [3.63, 3.8) is 0 Å². The van der Waals surface area contributed by atoms with E-state index in [1.54, 1.807) is 12.1 Å². The van der Waals surface area contributed by atoms with Crippen LogP contribution in [0.5, 0.6) is 17.2 Å². The lowest BCUT2D eigenvalue weighted by Crippen LogP contribution is -2.60. The molecule has 2 heterocycles. The van der Waals surface area contributed by atoms with E-state index in [1.165, 1.54) is 31.6 Å². The number of hydrogen-bond acceptors (Lipinski definition) is 10. The molecule has 5 atom stereocenters. The molecular formula is C22H22O10. The Labute approximate surface area is 181 Å². The SMILES string of the molecule is CO[C@H]1[C@H](O)[C@@H](O)[C@H](Oc2cc(O)c3c(=O)c(-c4ccc(O)cc4)coc3c2)O[C@@H]1CO. The molecule has 1 aliphatic heterocycles. The number of phenols is 2. The molecule has 170 valence electrons. The van der Waals surface area contributed by atoms with Crippen LogP contribution in [-0.4, -0.2) is 70.0 Å². The second-order valence-corrected chi connectivity index (χ2v) is 7.37. The van der Waals surface area contributed by atoms with Crippen LogP contribution >= 0.6 is 0 Å². The second-order valence-electron chi connectivity index (χ2n) is 7.37. The topological polar surface area (TPSA) is 159 Å². The first-order valence-electron chi connectivity index (χ1n) is 9.74. The lowest BCUT2D eigenvalue weighted by atomic mass is 9.99. The van der Waals surface area contributed by atoms with Gasteiger partial charge in [0.2, 0.25) is 11.7 Å². The predicted octanol–water partition coefficient (Wildman–Crippen LogP) is 0.704. The van der Waals surface area contributed by atoms with Crippen molar-refractivity contribution in [3.05, 3.63) is 52.9 Å². The van der Waals surface area contributed by atoms with Crippen molar-refractivity contribution in [2.24, 2.45) is 0 Å². The van der Waals surface area contributed by atoms with Crippen LogP contribution < -0.4 is 10.2 Å². The van der Waals surface area contributed by atoms with Crippen LogP contribution in [-0.2, 0) is 9.47 Å². The second kappa shape index (κ2) is 8.77. The Balaban J connectivity index is 1.66. The Morgan fingerprint density at radius 1 is 1.06 bits per heavy atom. The maximum absolute atomic E-state index is 12.9. The van der Waals surface area contributed by atoms with Crippen molar-refractivity contribution in [1.29, 1.82) is 0 Å².